The summed E-state index contributed by atoms with van der Waals surface area (Å²) in [5.74, 6) is 1.54. The molecule has 2 bridgehead atoms. The molecule has 2 aliphatic rings. The van der Waals surface area contributed by atoms with Gasteiger partial charge in [-0.05, 0) is 43.2 Å². The lowest BCUT2D eigenvalue weighted by molar-refractivity contribution is 0.0302. The van der Waals surface area contributed by atoms with Crippen molar-refractivity contribution in [1.82, 2.24) is 9.97 Å². The van der Waals surface area contributed by atoms with Gasteiger partial charge >= 0.3 is 6.09 Å². The number of morpholine rings is 1. The van der Waals surface area contributed by atoms with Crippen molar-refractivity contribution in [2.75, 3.05) is 23.3 Å². The Morgan fingerprint density at radius 1 is 1.17 bits per heavy atom. The van der Waals surface area contributed by atoms with Crippen LogP contribution in [0.1, 0.15) is 12.8 Å². The molecule has 4 rings (SSSR count). The van der Waals surface area contributed by atoms with Crippen LogP contribution in [0.3, 0.4) is 0 Å². The first kappa shape index (κ1) is 14.9. The lowest BCUT2D eigenvalue weighted by Gasteiger charge is -2.33. The highest BCUT2D eigenvalue weighted by Crippen LogP contribution is 2.29. The van der Waals surface area contributed by atoms with Crippen molar-refractivity contribution in [2.45, 2.75) is 25.0 Å². The summed E-state index contributed by atoms with van der Waals surface area (Å²) < 4.78 is 5.87. The van der Waals surface area contributed by atoms with Crippen molar-refractivity contribution in [2.24, 2.45) is 0 Å². The molecule has 3 heterocycles. The summed E-state index contributed by atoms with van der Waals surface area (Å²) in [7, 11) is 0. The molecular weight excluding hydrogens is 308 g/mol. The quantitative estimate of drug-likeness (QED) is 0.901. The average Bonchev–Trinajstić information content (AvgIpc) is 2.93. The number of nitrogens with one attached hydrogen (secondary N) is 1. The molecule has 2 aliphatic heterocycles. The first-order chi connectivity index (χ1) is 11.7. The fourth-order valence-corrected chi connectivity index (χ4v) is 3.29. The van der Waals surface area contributed by atoms with Crippen molar-refractivity contribution < 1.29 is 14.6 Å². The third-order valence-electron chi connectivity index (χ3n) is 4.40. The lowest BCUT2D eigenvalue weighted by atomic mass is 10.2. The highest BCUT2D eigenvalue weighted by Gasteiger charge is 2.34. The van der Waals surface area contributed by atoms with E-state index in [2.05, 4.69) is 20.2 Å². The predicted molar refractivity (Wildman–Crippen MR) is 89.2 cm³/mol. The zero-order valence-corrected chi connectivity index (χ0v) is 13.1. The minimum absolute atomic E-state index is 0.309. The lowest BCUT2D eigenvalue weighted by Crippen LogP contribution is -2.43. The van der Waals surface area contributed by atoms with Crippen molar-refractivity contribution >= 4 is 17.6 Å². The third kappa shape index (κ3) is 3.03. The van der Waals surface area contributed by atoms with Crippen molar-refractivity contribution in [3.05, 3.63) is 36.5 Å². The van der Waals surface area contributed by atoms with E-state index < -0.39 is 6.09 Å². The van der Waals surface area contributed by atoms with E-state index in [-0.39, 0.29) is 0 Å². The van der Waals surface area contributed by atoms with Crippen LogP contribution >= 0.6 is 0 Å². The van der Waals surface area contributed by atoms with Crippen molar-refractivity contribution in [3.8, 4) is 11.4 Å². The molecule has 1 aromatic carbocycles. The smallest absolute Gasteiger partial charge is 0.409 e. The number of hydrogen-bond acceptors (Lipinski definition) is 5. The normalized spacial score (nSPS) is 22.4. The van der Waals surface area contributed by atoms with Crippen LogP contribution in [-0.2, 0) is 4.74 Å². The standard InChI is InChI=1S/C17H18N4O3/c22-17(23)19-12-3-1-11(2-4-12)16-18-8-7-15(20-16)21-9-13-5-6-14(10-21)24-13/h1-4,7-8,13-14,19H,5-6,9-10H2,(H,22,23). The van der Waals surface area contributed by atoms with E-state index in [4.69, 9.17) is 9.84 Å². The van der Waals surface area contributed by atoms with Crippen LogP contribution in [0.4, 0.5) is 16.3 Å². The Kier molecular flexibility index (Phi) is 3.78. The van der Waals surface area contributed by atoms with E-state index in [0.717, 1.165) is 37.3 Å². The van der Waals surface area contributed by atoms with Gasteiger partial charge in [0.1, 0.15) is 5.82 Å². The van der Waals surface area contributed by atoms with Gasteiger partial charge in [0, 0.05) is 30.5 Å². The summed E-state index contributed by atoms with van der Waals surface area (Å²) in [6, 6.07) is 8.96. The number of aromatic nitrogens is 2. The van der Waals surface area contributed by atoms with Gasteiger partial charge in [0.25, 0.3) is 0 Å². The molecule has 7 nitrogen and oxygen atoms in total. The second-order valence-electron chi connectivity index (χ2n) is 6.11. The Hall–Kier alpha value is -2.67. The number of amides is 1. The molecule has 124 valence electrons. The molecule has 2 atom stereocenters. The summed E-state index contributed by atoms with van der Waals surface area (Å²) in [5, 5.41) is 11.0. The molecule has 2 saturated heterocycles. The number of ether oxygens (including phenoxy) is 1. The second kappa shape index (κ2) is 6.09. The summed E-state index contributed by atoms with van der Waals surface area (Å²) in [6.45, 7) is 1.74. The van der Waals surface area contributed by atoms with Crippen LogP contribution in [0.25, 0.3) is 11.4 Å². The Labute approximate surface area is 139 Å². The minimum atomic E-state index is -1.08. The molecule has 2 aromatic rings. The monoisotopic (exact) mass is 326 g/mol. The van der Waals surface area contributed by atoms with Crippen molar-refractivity contribution in [1.29, 1.82) is 0 Å². The number of fused-ring (bicyclic) bond motifs is 2. The largest absolute Gasteiger partial charge is 0.465 e. The maximum atomic E-state index is 10.6. The van der Waals surface area contributed by atoms with Gasteiger partial charge in [0.15, 0.2) is 5.82 Å². The molecule has 7 heteroatoms. The molecule has 0 spiro atoms. The van der Waals surface area contributed by atoms with Gasteiger partial charge < -0.3 is 14.7 Å². The molecule has 2 unspecified atom stereocenters. The van der Waals surface area contributed by atoms with Gasteiger partial charge in [-0.25, -0.2) is 14.8 Å². The van der Waals surface area contributed by atoms with Gasteiger partial charge in [-0.3, -0.25) is 5.32 Å². The van der Waals surface area contributed by atoms with E-state index in [1.165, 1.54) is 0 Å². The highest BCUT2D eigenvalue weighted by atomic mass is 16.5. The maximum absolute atomic E-state index is 10.6. The number of carboxylic acid groups (broad SMARTS) is 1. The molecule has 24 heavy (non-hydrogen) atoms. The summed E-state index contributed by atoms with van der Waals surface area (Å²) in [4.78, 5) is 21.9. The van der Waals surface area contributed by atoms with E-state index >= 15 is 0 Å². The molecule has 0 saturated carbocycles. The number of carbonyl (C=O) groups is 1. The van der Waals surface area contributed by atoms with Gasteiger partial charge in [0.05, 0.1) is 12.2 Å². The van der Waals surface area contributed by atoms with E-state index in [9.17, 15) is 4.79 Å². The van der Waals surface area contributed by atoms with E-state index in [1.54, 1.807) is 18.3 Å². The van der Waals surface area contributed by atoms with Gasteiger partial charge in [-0.15, -0.1) is 0 Å². The SMILES string of the molecule is O=C(O)Nc1ccc(-c2nccc(N3CC4CCC(C3)O4)n2)cc1. The summed E-state index contributed by atoms with van der Waals surface area (Å²) >= 11 is 0. The van der Waals surface area contributed by atoms with Crippen LogP contribution < -0.4 is 10.2 Å². The maximum Gasteiger partial charge on any atom is 0.409 e. The van der Waals surface area contributed by atoms with Gasteiger partial charge in [-0.1, -0.05) is 0 Å². The first-order valence-corrected chi connectivity index (χ1v) is 8.01. The van der Waals surface area contributed by atoms with Crippen LogP contribution in [0.15, 0.2) is 36.5 Å². The molecule has 2 fully saturated rings. The third-order valence-corrected chi connectivity index (χ3v) is 4.40. The summed E-state index contributed by atoms with van der Waals surface area (Å²) in [6.07, 6.45) is 3.54. The minimum Gasteiger partial charge on any atom is -0.465 e. The van der Waals surface area contributed by atoms with Crippen LogP contribution in [0.2, 0.25) is 0 Å². The Morgan fingerprint density at radius 3 is 2.54 bits per heavy atom. The number of benzene rings is 1. The Morgan fingerprint density at radius 2 is 1.88 bits per heavy atom. The number of nitrogens with zero attached hydrogens (tertiary/aromatic N) is 3. The number of rotatable bonds is 3. The predicted octanol–water partition coefficient (Wildman–Crippen LogP) is 2.60. The van der Waals surface area contributed by atoms with Gasteiger partial charge in [-0.2, -0.15) is 0 Å². The molecule has 0 radical (unpaired) electrons. The fraction of sp³-hybridized carbons (Fsp3) is 0.353. The first-order valence-electron chi connectivity index (χ1n) is 8.01. The van der Waals surface area contributed by atoms with Crippen LogP contribution in [0.5, 0.6) is 0 Å². The van der Waals surface area contributed by atoms with E-state index in [1.807, 2.05) is 18.2 Å². The zero-order valence-electron chi connectivity index (χ0n) is 13.1. The molecule has 2 N–H and O–H groups in total. The van der Waals surface area contributed by atoms with Crippen LogP contribution in [-0.4, -0.2) is 46.5 Å². The van der Waals surface area contributed by atoms with Crippen molar-refractivity contribution in [3.63, 3.8) is 0 Å². The summed E-state index contributed by atoms with van der Waals surface area (Å²) in [5.41, 5.74) is 1.37. The second-order valence-corrected chi connectivity index (χ2v) is 6.11. The topological polar surface area (TPSA) is 87.6 Å². The molecular formula is C17H18N4O3. The van der Waals surface area contributed by atoms with Crippen LogP contribution in [0, 0.1) is 0 Å². The molecule has 1 amide bonds. The number of hydrogen-bond donors (Lipinski definition) is 2. The fourth-order valence-electron chi connectivity index (χ4n) is 3.29. The Balaban J connectivity index is 1.55. The van der Waals surface area contributed by atoms with E-state index in [0.29, 0.717) is 23.7 Å². The van der Waals surface area contributed by atoms with Gasteiger partial charge in [0.2, 0.25) is 0 Å². The Bertz CT molecular complexity index is 738. The molecule has 0 aliphatic carbocycles. The molecule has 1 aromatic heterocycles. The highest BCUT2D eigenvalue weighted by molar-refractivity contribution is 5.83. The number of anilines is 2. The average molecular weight is 326 g/mol. The zero-order chi connectivity index (χ0) is 16.5.